The van der Waals surface area contributed by atoms with Crippen LogP contribution in [0.3, 0.4) is 0 Å². The Labute approximate surface area is 157 Å². The van der Waals surface area contributed by atoms with E-state index < -0.39 is 11.7 Å². The molecule has 1 N–H and O–H groups in total. The predicted octanol–water partition coefficient (Wildman–Crippen LogP) is 3.44. The van der Waals surface area contributed by atoms with Crippen molar-refractivity contribution in [1.82, 2.24) is 4.90 Å². The zero-order chi connectivity index (χ0) is 19.2. The molecule has 0 unspecified atom stereocenters. The van der Waals surface area contributed by atoms with Crippen LogP contribution >= 0.6 is 0 Å². The third-order valence-corrected chi connectivity index (χ3v) is 4.20. The summed E-state index contributed by atoms with van der Waals surface area (Å²) < 4.78 is 18.8. The minimum atomic E-state index is -0.424. The molecule has 5 nitrogen and oxygen atoms in total. The van der Waals surface area contributed by atoms with E-state index in [0.29, 0.717) is 36.5 Å². The van der Waals surface area contributed by atoms with Crippen LogP contribution in [0.1, 0.15) is 18.9 Å². The lowest BCUT2D eigenvalue weighted by molar-refractivity contribution is -0.137. The number of carbonyl (C=O) groups excluding carboxylic acids is 2. The van der Waals surface area contributed by atoms with Crippen molar-refractivity contribution in [2.24, 2.45) is 0 Å². The second-order valence-corrected chi connectivity index (χ2v) is 6.06. The summed E-state index contributed by atoms with van der Waals surface area (Å²) in [5.41, 5.74) is 1.51. The van der Waals surface area contributed by atoms with Crippen molar-refractivity contribution < 1.29 is 18.7 Å². The predicted molar refractivity (Wildman–Crippen MR) is 101 cm³/mol. The van der Waals surface area contributed by atoms with Crippen molar-refractivity contribution in [1.29, 1.82) is 0 Å². The normalized spacial score (nSPS) is 14.2. The van der Waals surface area contributed by atoms with E-state index in [-0.39, 0.29) is 18.1 Å². The first-order valence-electron chi connectivity index (χ1n) is 8.88. The van der Waals surface area contributed by atoms with Gasteiger partial charge < -0.3 is 10.1 Å². The Balaban J connectivity index is 1.91. The van der Waals surface area contributed by atoms with E-state index in [9.17, 15) is 14.0 Å². The molecule has 6 heteroatoms. The molecule has 0 aliphatic carbocycles. The number of nitrogens with one attached hydrogen (secondary N) is 1. The summed E-state index contributed by atoms with van der Waals surface area (Å²) in [7, 11) is 0. The van der Waals surface area contributed by atoms with Crippen LogP contribution < -0.4 is 5.32 Å². The first kappa shape index (κ1) is 18.8. The minimum Gasteiger partial charge on any atom is -0.382 e. The van der Waals surface area contributed by atoms with Gasteiger partial charge >= 0.3 is 0 Å². The van der Waals surface area contributed by atoms with Crippen molar-refractivity contribution in [3.05, 3.63) is 71.7 Å². The van der Waals surface area contributed by atoms with Gasteiger partial charge in [-0.05, 0) is 37.1 Å². The average molecular weight is 368 g/mol. The molecule has 2 amide bonds. The zero-order valence-corrected chi connectivity index (χ0v) is 15.1. The second-order valence-electron chi connectivity index (χ2n) is 6.06. The molecule has 0 saturated heterocycles. The summed E-state index contributed by atoms with van der Waals surface area (Å²) in [4.78, 5) is 27.1. The molecule has 0 saturated carbocycles. The molecule has 3 rings (SSSR count). The lowest BCUT2D eigenvalue weighted by Gasteiger charge is -2.15. The molecule has 1 heterocycles. The van der Waals surface area contributed by atoms with Crippen molar-refractivity contribution in [2.75, 3.05) is 25.1 Å². The summed E-state index contributed by atoms with van der Waals surface area (Å²) in [6, 6.07) is 14.8. The molecule has 27 heavy (non-hydrogen) atoms. The topological polar surface area (TPSA) is 58.6 Å². The number of nitrogens with zero attached hydrogens (tertiary/aromatic N) is 1. The van der Waals surface area contributed by atoms with Crippen LogP contribution in [-0.2, 0) is 14.3 Å². The molecule has 0 aromatic heterocycles. The van der Waals surface area contributed by atoms with Crippen LogP contribution in [0.2, 0.25) is 0 Å². The van der Waals surface area contributed by atoms with E-state index >= 15 is 0 Å². The van der Waals surface area contributed by atoms with Gasteiger partial charge in [0.25, 0.3) is 11.8 Å². The lowest BCUT2D eigenvalue weighted by atomic mass is 10.0. The highest BCUT2D eigenvalue weighted by molar-refractivity contribution is 6.36. The van der Waals surface area contributed by atoms with E-state index in [1.165, 1.54) is 17.0 Å². The molecule has 0 spiro atoms. The smallest absolute Gasteiger partial charge is 0.278 e. The Morgan fingerprint density at radius 1 is 1.04 bits per heavy atom. The number of benzene rings is 2. The van der Waals surface area contributed by atoms with Crippen LogP contribution in [0.15, 0.2) is 60.3 Å². The maximum atomic E-state index is 13.5. The standard InChI is InChI=1S/C21H21FN2O3/c1-2-27-13-7-12-24-20(25)18(15-8-4-3-5-9-15)19(21(24)26)23-17-11-6-10-16(22)14-17/h3-6,8-11,14,23H,2,7,12-13H2,1H3. The molecule has 2 aromatic carbocycles. The minimum absolute atomic E-state index is 0.160. The van der Waals surface area contributed by atoms with Gasteiger partial charge in [-0.2, -0.15) is 0 Å². The second kappa shape index (κ2) is 8.60. The molecule has 1 aliphatic heterocycles. The van der Waals surface area contributed by atoms with E-state index in [1.807, 2.05) is 13.0 Å². The third-order valence-electron chi connectivity index (χ3n) is 4.20. The van der Waals surface area contributed by atoms with E-state index in [2.05, 4.69) is 5.32 Å². The van der Waals surface area contributed by atoms with Gasteiger partial charge in [-0.25, -0.2) is 4.39 Å². The Morgan fingerprint density at radius 3 is 2.52 bits per heavy atom. The Hall–Kier alpha value is -2.99. The van der Waals surface area contributed by atoms with Crippen molar-refractivity contribution in [3.8, 4) is 0 Å². The molecule has 0 bridgehead atoms. The Morgan fingerprint density at radius 2 is 1.81 bits per heavy atom. The summed E-state index contributed by atoms with van der Waals surface area (Å²) in [5, 5.41) is 2.94. The van der Waals surface area contributed by atoms with Crippen LogP contribution in [0.4, 0.5) is 10.1 Å². The van der Waals surface area contributed by atoms with Gasteiger partial charge in [-0.1, -0.05) is 36.4 Å². The summed E-state index contributed by atoms with van der Waals surface area (Å²) >= 11 is 0. The third kappa shape index (κ3) is 4.23. The largest absolute Gasteiger partial charge is 0.382 e. The Bertz CT molecular complexity index is 865. The fourth-order valence-corrected chi connectivity index (χ4v) is 2.95. The highest BCUT2D eigenvalue weighted by Gasteiger charge is 2.38. The number of anilines is 1. The van der Waals surface area contributed by atoms with Crippen molar-refractivity contribution in [2.45, 2.75) is 13.3 Å². The van der Waals surface area contributed by atoms with Gasteiger partial charge in [0, 0.05) is 25.4 Å². The molecule has 0 fully saturated rings. The van der Waals surface area contributed by atoms with Crippen molar-refractivity contribution in [3.63, 3.8) is 0 Å². The zero-order valence-electron chi connectivity index (χ0n) is 15.1. The number of amides is 2. The number of halogens is 1. The van der Waals surface area contributed by atoms with Crippen LogP contribution in [0.25, 0.3) is 5.57 Å². The van der Waals surface area contributed by atoms with Crippen LogP contribution in [-0.4, -0.2) is 36.5 Å². The first-order valence-corrected chi connectivity index (χ1v) is 8.88. The fraction of sp³-hybridized carbons (Fsp3) is 0.238. The van der Waals surface area contributed by atoms with Crippen molar-refractivity contribution >= 4 is 23.1 Å². The monoisotopic (exact) mass is 368 g/mol. The molecule has 0 atom stereocenters. The van der Waals surface area contributed by atoms with Gasteiger partial charge in [0.15, 0.2) is 0 Å². The quantitative estimate of drug-likeness (QED) is 0.573. The highest BCUT2D eigenvalue weighted by Crippen LogP contribution is 2.30. The maximum absolute atomic E-state index is 13.5. The number of carbonyl (C=O) groups is 2. The lowest BCUT2D eigenvalue weighted by Crippen LogP contribution is -2.34. The van der Waals surface area contributed by atoms with E-state index in [4.69, 9.17) is 4.74 Å². The summed E-state index contributed by atoms with van der Waals surface area (Å²) in [6.07, 6.45) is 0.556. The highest BCUT2D eigenvalue weighted by atomic mass is 19.1. The number of hydrogen-bond donors (Lipinski definition) is 1. The molecule has 0 radical (unpaired) electrons. The number of rotatable bonds is 8. The van der Waals surface area contributed by atoms with E-state index in [0.717, 1.165) is 0 Å². The number of ether oxygens (including phenoxy) is 1. The molecular formula is C21H21FN2O3. The molecular weight excluding hydrogens is 347 g/mol. The average Bonchev–Trinajstić information content (AvgIpc) is 2.90. The summed E-state index contributed by atoms with van der Waals surface area (Å²) in [5.74, 6) is -1.20. The number of hydrogen-bond acceptors (Lipinski definition) is 4. The molecule has 1 aliphatic rings. The molecule has 2 aromatic rings. The Kier molecular flexibility index (Phi) is 5.98. The fourth-order valence-electron chi connectivity index (χ4n) is 2.95. The van der Waals surface area contributed by atoms with Gasteiger partial charge in [0.1, 0.15) is 11.5 Å². The SMILES string of the molecule is CCOCCCN1C(=O)C(Nc2cccc(F)c2)=C(c2ccccc2)C1=O. The molecule has 140 valence electrons. The van der Waals surface area contributed by atoms with Gasteiger partial charge in [-0.3, -0.25) is 14.5 Å². The number of imide groups is 1. The maximum Gasteiger partial charge on any atom is 0.278 e. The van der Waals surface area contributed by atoms with E-state index in [1.54, 1.807) is 36.4 Å². The van der Waals surface area contributed by atoms with Crippen LogP contribution in [0, 0.1) is 5.82 Å². The van der Waals surface area contributed by atoms with Gasteiger partial charge in [0.2, 0.25) is 0 Å². The van der Waals surface area contributed by atoms with Gasteiger partial charge in [-0.15, -0.1) is 0 Å². The first-order chi connectivity index (χ1) is 13.1. The van der Waals surface area contributed by atoms with Gasteiger partial charge in [0.05, 0.1) is 5.57 Å². The summed E-state index contributed by atoms with van der Waals surface area (Å²) in [6.45, 7) is 3.22. The van der Waals surface area contributed by atoms with Crippen LogP contribution in [0.5, 0.6) is 0 Å².